The predicted octanol–water partition coefficient (Wildman–Crippen LogP) is 2.49. The molecule has 3 unspecified atom stereocenters. The van der Waals surface area contributed by atoms with Gasteiger partial charge in [0.15, 0.2) is 0 Å². The first-order valence-corrected chi connectivity index (χ1v) is 8.62. The van der Waals surface area contributed by atoms with Crippen LogP contribution in [-0.4, -0.2) is 47.1 Å². The maximum absolute atomic E-state index is 3.69. The molecule has 0 aromatic heterocycles. The molecule has 0 saturated carbocycles. The van der Waals surface area contributed by atoms with Gasteiger partial charge < -0.3 is 5.32 Å². The van der Waals surface area contributed by atoms with Crippen molar-refractivity contribution in [3.8, 4) is 0 Å². The van der Waals surface area contributed by atoms with Crippen LogP contribution < -0.4 is 5.32 Å². The van der Waals surface area contributed by atoms with E-state index < -0.39 is 0 Å². The fourth-order valence-corrected chi connectivity index (χ4v) is 5.44. The summed E-state index contributed by atoms with van der Waals surface area (Å²) in [4.78, 5) is 2.94. The molecule has 3 aliphatic heterocycles. The monoisotopic (exact) mass is 254 g/mol. The van der Waals surface area contributed by atoms with Gasteiger partial charge in [0.05, 0.1) is 0 Å². The first-order chi connectivity index (χ1) is 8.38. The fourth-order valence-electron chi connectivity index (χ4n) is 4.23. The van der Waals surface area contributed by atoms with Crippen LogP contribution in [0.5, 0.6) is 0 Å². The summed E-state index contributed by atoms with van der Waals surface area (Å²) < 4.78 is 0. The normalized spacial score (nSPS) is 42.9. The SMILES string of the molecule is CCNC1CC2CCCC(C1)N2C1CCSC1. The first kappa shape index (κ1) is 12.3. The van der Waals surface area contributed by atoms with Crippen molar-refractivity contribution in [2.45, 2.75) is 69.6 Å². The third kappa shape index (κ3) is 2.52. The van der Waals surface area contributed by atoms with Crippen molar-refractivity contribution < 1.29 is 0 Å². The van der Waals surface area contributed by atoms with E-state index in [4.69, 9.17) is 0 Å². The molecule has 3 fully saturated rings. The van der Waals surface area contributed by atoms with Crippen LogP contribution in [0.25, 0.3) is 0 Å². The Morgan fingerprint density at radius 2 is 1.88 bits per heavy atom. The van der Waals surface area contributed by atoms with Gasteiger partial charge in [-0.2, -0.15) is 11.8 Å². The second-order valence-corrected chi connectivity index (χ2v) is 7.08. The number of nitrogens with zero attached hydrogens (tertiary/aromatic N) is 1. The van der Waals surface area contributed by atoms with E-state index in [-0.39, 0.29) is 0 Å². The topological polar surface area (TPSA) is 15.3 Å². The van der Waals surface area contributed by atoms with Crippen molar-refractivity contribution in [3.05, 3.63) is 0 Å². The molecule has 3 aliphatic rings. The Morgan fingerprint density at radius 3 is 2.47 bits per heavy atom. The largest absolute Gasteiger partial charge is 0.314 e. The molecule has 0 radical (unpaired) electrons. The standard InChI is InChI=1S/C14H26N2S/c1-2-15-11-8-12-4-3-5-13(9-11)16(12)14-6-7-17-10-14/h11-15H,2-10H2,1H3. The van der Waals surface area contributed by atoms with Gasteiger partial charge in [0.25, 0.3) is 0 Å². The van der Waals surface area contributed by atoms with Crippen LogP contribution in [0.1, 0.15) is 45.4 Å². The van der Waals surface area contributed by atoms with Crippen LogP contribution in [-0.2, 0) is 0 Å². The molecule has 98 valence electrons. The zero-order valence-corrected chi connectivity index (χ0v) is 11.8. The fraction of sp³-hybridized carbons (Fsp3) is 1.00. The molecule has 2 nitrogen and oxygen atoms in total. The molecule has 0 spiro atoms. The highest BCUT2D eigenvalue weighted by Crippen LogP contribution is 2.38. The second kappa shape index (κ2) is 5.50. The highest BCUT2D eigenvalue weighted by molar-refractivity contribution is 7.99. The molecular weight excluding hydrogens is 228 g/mol. The zero-order chi connectivity index (χ0) is 11.7. The van der Waals surface area contributed by atoms with E-state index in [2.05, 4.69) is 28.9 Å². The summed E-state index contributed by atoms with van der Waals surface area (Å²) >= 11 is 2.17. The molecular formula is C14H26N2S. The lowest BCUT2D eigenvalue weighted by atomic mass is 9.80. The summed E-state index contributed by atoms with van der Waals surface area (Å²) in [6.07, 6.45) is 8.66. The molecule has 3 saturated heterocycles. The minimum absolute atomic E-state index is 0.806. The summed E-state index contributed by atoms with van der Waals surface area (Å²) in [6, 6.07) is 3.52. The number of fused-ring (bicyclic) bond motifs is 2. The van der Waals surface area contributed by atoms with Crippen LogP contribution in [0.15, 0.2) is 0 Å². The van der Waals surface area contributed by atoms with Crippen LogP contribution in [0.4, 0.5) is 0 Å². The van der Waals surface area contributed by atoms with Crippen molar-refractivity contribution in [3.63, 3.8) is 0 Å². The van der Waals surface area contributed by atoms with Gasteiger partial charge in [-0.25, -0.2) is 0 Å². The molecule has 3 atom stereocenters. The van der Waals surface area contributed by atoms with Crippen LogP contribution >= 0.6 is 11.8 Å². The van der Waals surface area contributed by atoms with Gasteiger partial charge >= 0.3 is 0 Å². The quantitative estimate of drug-likeness (QED) is 0.833. The van der Waals surface area contributed by atoms with Gasteiger partial charge in [-0.3, -0.25) is 4.90 Å². The summed E-state index contributed by atoms with van der Waals surface area (Å²) in [5.74, 6) is 2.80. The van der Waals surface area contributed by atoms with Gasteiger partial charge in [0.2, 0.25) is 0 Å². The van der Waals surface area contributed by atoms with Crippen molar-refractivity contribution in [1.82, 2.24) is 10.2 Å². The van der Waals surface area contributed by atoms with Crippen LogP contribution in [0.2, 0.25) is 0 Å². The number of thioether (sulfide) groups is 1. The van der Waals surface area contributed by atoms with E-state index in [1.807, 2.05) is 0 Å². The maximum Gasteiger partial charge on any atom is 0.0200 e. The summed E-state index contributed by atoms with van der Waals surface area (Å²) in [7, 11) is 0. The molecule has 3 rings (SSSR count). The molecule has 17 heavy (non-hydrogen) atoms. The van der Waals surface area contributed by atoms with E-state index in [0.717, 1.165) is 30.7 Å². The molecule has 0 aliphatic carbocycles. The van der Waals surface area contributed by atoms with Crippen molar-refractivity contribution in [2.75, 3.05) is 18.1 Å². The Morgan fingerprint density at radius 1 is 1.12 bits per heavy atom. The minimum Gasteiger partial charge on any atom is -0.314 e. The number of nitrogens with one attached hydrogen (secondary N) is 1. The van der Waals surface area contributed by atoms with Crippen LogP contribution in [0, 0.1) is 0 Å². The Kier molecular flexibility index (Phi) is 3.98. The van der Waals surface area contributed by atoms with Gasteiger partial charge in [-0.15, -0.1) is 0 Å². The third-order valence-electron chi connectivity index (χ3n) is 4.85. The summed E-state index contributed by atoms with van der Waals surface area (Å²) in [5, 5.41) is 3.69. The predicted molar refractivity (Wildman–Crippen MR) is 75.7 cm³/mol. The van der Waals surface area contributed by atoms with E-state index in [0.29, 0.717) is 0 Å². The van der Waals surface area contributed by atoms with Gasteiger partial charge in [-0.05, 0) is 44.4 Å². The van der Waals surface area contributed by atoms with Gasteiger partial charge in [0.1, 0.15) is 0 Å². The number of rotatable bonds is 3. The van der Waals surface area contributed by atoms with Gasteiger partial charge in [0, 0.05) is 29.9 Å². The van der Waals surface area contributed by atoms with E-state index >= 15 is 0 Å². The van der Waals surface area contributed by atoms with Crippen molar-refractivity contribution in [1.29, 1.82) is 0 Å². The van der Waals surface area contributed by atoms with Crippen LogP contribution in [0.3, 0.4) is 0 Å². The average Bonchev–Trinajstić information content (AvgIpc) is 2.81. The smallest absolute Gasteiger partial charge is 0.0200 e. The lowest BCUT2D eigenvalue weighted by Crippen LogP contribution is -2.59. The van der Waals surface area contributed by atoms with E-state index in [1.165, 1.54) is 50.0 Å². The summed E-state index contributed by atoms with van der Waals surface area (Å²) in [6.45, 7) is 3.39. The number of hydrogen-bond donors (Lipinski definition) is 1. The molecule has 2 bridgehead atoms. The van der Waals surface area contributed by atoms with Crippen molar-refractivity contribution >= 4 is 11.8 Å². The Bertz CT molecular complexity index is 239. The number of piperidine rings is 2. The molecule has 0 aromatic carbocycles. The Hall–Kier alpha value is 0.270. The van der Waals surface area contributed by atoms with Gasteiger partial charge in [-0.1, -0.05) is 13.3 Å². The second-order valence-electron chi connectivity index (χ2n) is 5.93. The minimum atomic E-state index is 0.806. The molecule has 0 aromatic rings. The number of hydrogen-bond acceptors (Lipinski definition) is 3. The Balaban J connectivity index is 1.68. The lowest BCUT2D eigenvalue weighted by molar-refractivity contribution is -0.00267. The molecule has 1 N–H and O–H groups in total. The zero-order valence-electron chi connectivity index (χ0n) is 11.0. The van der Waals surface area contributed by atoms with Crippen molar-refractivity contribution in [2.24, 2.45) is 0 Å². The highest BCUT2D eigenvalue weighted by atomic mass is 32.2. The third-order valence-corrected chi connectivity index (χ3v) is 6.00. The molecule has 3 heterocycles. The summed E-state index contributed by atoms with van der Waals surface area (Å²) in [5.41, 5.74) is 0. The van der Waals surface area contributed by atoms with E-state index in [9.17, 15) is 0 Å². The van der Waals surface area contributed by atoms with E-state index in [1.54, 1.807) is 0 Å². The molecule has 0 amide bonds. The Labute approximate surface area is 110 Å². The maximum atomic E-state index is 3.69. The lowest BCUT2D eigenvalue weighted by Gasteiger charge is -2.51. The average molecular weight is 254 g/mol. The molecule has 3 heteroatoms. The first-order valence-electron chi connectivity index (χ1n) is 7.47. The highest BCUT2D eigenvalue weighted by Gasteiger charge is 2.41.